The summed E-state index contributed by atoms with van der Waals surface area (Å²) >= 11 is 0. The van der Waals surface area contributed by atoms with Gasteiger partial charge in [0.1, 0.15) is 11.4 Å². The Bertz CT molecular complexity index is 1560. The number of aryl methyl sites for hydroxylation is 1. The molecule has 2 heterocycles. The normalized spacial score (nSPS) is 17.7. The fraction of sp³-hybridized carbons (Fsp3) is 0.333. The van der Waals surface area contributed by atoms with E-state index in [0.717, 1.165) is 11.6 Å². The second-order valence-electron chi connectivity index (χ2n) is 10.3. The lowest BCUT2D eigenvalue weighted by Gasteiger charge is -2.42. The smallest absolute Gasteiger partial charge is 0.417 e. The third kappa shape index (κ3) is 6.70. The van der Waals surface area contributed by atoms with Crippen LogP contribution in [0.4, 0.5) is 24.5 Å². The summed E-state index contributed by atoms with van der Waals surface area (Å²) in [4.78, 5) is 18.4. The quantitative estimate of drug-likeness (QED) is 0.256. The molecular weight excluding hydrogens is 571 g/mol. The zero-order valence-electron chi connectivity index (χ0n) is 23.4. The van der Waals surface area contributed by atoms with E-state index in [9.17, 15) is 31.5 Å². The molecule has 0 bridgehead atoms. The number of esters is 1. The first kappa shape index (κ1) is 30.9. The van der Waals surface area contributed by atoms with Crippen LogP contribution in [-0.2, 0) is 32.2 Å². The Hall–Kier alpha value is -4.06. The van der Waals surface area contributed by atoms with Crippen molar-refractivity contribution in [2.45, 2.75) is 56.8 Å². The Morgan fingerprint density at radius 3 is 2.38 bits per heavy atom. The fourth-order valence-corrected chi connectivity index (χ4v) is 5.87. The number of rotatable bonds is 10. The van der Waals surface area contributed by atoms with Gasteiger partial charge in [0.15, 0.2) is 10.7 Å². The Morgan fingerprint density at radius 1 is 1.10 bits per heavy atom. The number of alkyl halides is 3. The molecule has 12 heteroatoms. The number of aliphatic hydroxyl groups is 1. The number of ether oxygens (including phenoxy) is 1. The standard InChI is InChI=1S/C30H32F3N3O5S/c1-4-36(27-25(37)18-29(20(2)3,41-28(27)38)16-15-21-9-6-5-7-10-21)24-12-8-11-23(17-24)35-42(39,40)26-14-13-22(19-34-26)30(31,32)33/h5-14,17,19-20,35,37H,4,15-16,18H2,1-3H3. The molecule has 8 nitrogen and oxygen atoms in total. The lowest BCUT2D eigenvalue weighted by molar-refractivity contribution is -0.166. The van der Waals surface area contributed by atoms with Gasteiger partial charge in [-0.3, -0.25) is 4.72 Å². The van der Waals surface area contributed by atoms with Gasteiger partial charge in [-0.2, -0.15) is 21.6 Å². The molecule has 224 valence electrons. The summed E-state index contributed by atoms with van der Waals surface area (Å²) in [6.07, 6.45) is -2.93. The maximum absolute atomic E-state index is 13.4. The fourth-order valence-electron chi connectivity index (χ4n) is 4.89. The van der Waals surface area contributed by atoms with E-state index in [1.807, 2.05) is 44.2 Å². The van der Waals surface area contributed by atoms with Gasteiger partial charge in [0.05, 0.1) is 11.3 Å². The van der Waals surface area contributed by atoms with Crippen molar-refractivity contribution >= 4 is 27.4 Å². The number of nitrogens with one attached hydrogen (secondary N) is 1. The summed E-state index contributed by atoms with van der Waals surface area (Å²) in [6, 6.07) is 17.3. The van der Waals surface area contributed by atoms with Crippen LogP contribution in [0.1, 0.15) is 44.7 Å². The number of hydrogen-bond acceptors (Lipinski definition) is 7. The molecule has 3 aromatic rings. The zero-order valence-corrected chi connectivity index (χ0v) is 24.2. The van der Waals surface area contributed by atoms with E-state index in [1.54, 1.807) is 19.1 Å². The molecule has 1 unspecified atom stereocenters. The maximum atomic E-state index is 13.4. The van der Waals surface area contributed by atoms with Gasteiger partial charge < -0.3 is 14.7 Å². The van der Waals surface area contributed by atoms with Crippen molar-refractivity contribution in [2.75, 3.05) is 16.2 Å². The predicted molar refractivity (Wildman–Crippen MR) is 152 cm³/mol. The van der Waals surface area contributed by atoms with Crippen molar-refractivity contribution < 1.29 is 36.2 Å². The van der Waals surface area contributed by atoms with Gasteiger partial charge in [0.2, 0.25) is 0 Å². The number of carbonyl (C=O) groups is 1. The number of aromatic nitrogens is 1. The number of hydrogen-bond donors (Lipinski definition) is 2. The number of anilines is 2. The summed E-state index contributed by atoms with van der Waals surface area (Å²) in [5.41, 5.74) is -0.474. The first-order valence-electron chi connectivity index (χ1n) is 13.4. The number of nitrogens with zero attached hydrogens (tertiary/aromatic N) is 2. The highest BCUT2D eigenvalue weighted by Crippen LogP contribution is 2.40. The maximum Gasteiger partial charge on any atom is 0.417 e. The Labute approximate surface area is 242 Å². The molecule has 0 saturated heterocycles. The number of sulfonamides is 1. The minimum absolute atomic E-state index is 0.0436. The molecule has 1 aliphatic rings. The van der Waals surface area contributed by atoms with Gasteiger partial charge in [-0.05, 0) is 61.6 Å². The van der Waals surface area contributed by atoms with Gasteiger partial charge >= 0.3 is 12.1 Å². The number of carbonyl (C=O) groups excluding carboxylic acids is 1. The molecule has 0 fully saturated rings. The second-order valence-corrected chi connectivity index (χ2v) is 12.0. The van der Waals surface area contributed by atoms with Gasteiger partial charge in [0, 0.05) is 24.8 Å². The predicted octanol–water partition coefficient (Wildman–Crippen LogP) is 6.47. The van der Waals surface area contributed by atoms with E-state index in [0.29, 0.717) is 30.8 Å². The van der Waals surface area contributed by atoms with Crippen molar-refractivity contribution in [2.24, 2.45) is 5.92 Å². The van der Waals surface area contributed by atoms with E-state index < -0.39 is 38.4 Å². The molecule has 2 aromatic carbocycles. The molecule has 42 heavy (non-hydrogen) atoms. The summed E-state index contributed by atoms with van der Waals surface area (Å²) in [7, 11) is -4.33. The molecular formula is C30H32F3N3O5S. The average molecular weight is 604 g/mol. The van der Waals surface area contributed by atoms with Crippen LogP contribution in [0.25, 0.3) is 0 Å². The highest BCUT2D eigenvalue weighted by Gasteiger charge is 2.45. The molecule has 1 atom stereocenters. The first-order valence-corrected chi connectivity index (χ1v) is 14.9. The van der Waals surface area contributed by atoms with Crippen molar-refractivity contribution in [1.29, 1.82) is 0 Å². The topological polar surface area (TPSA) is 109 Å². The van der Waals surface area contributed by atoms with Crippen LogP contribution in [0.15, 0.2) is 89.4 Å². The number of likely N-dealkylation sites (N-methyl/N-ethyl adjacent to an activating group) is 1. The number of benzene rings is 2. The van der Waals surface area contributed by atoms with Crippen LogP contribution in [0.3, 0.4) is 0 Å². The SMILES string of the molecule is CCN(C1=C(O)CC(CCc2ccccc2)(C(C)C)OC1=O)c1cccc(NS(=O)(=O)c2ccc(C(F)(F)F)cn2)c1. The van der Waals surface area contributed by atoms with E-state index in [1.165, 1.54) is 17.0 Å². The van der Waals surface area contributed by atoms with Crippen molar-refractivity contribution in [3.8, 4) is 0 Å². The Morgan fingerprint density at radius 2 is 1.81 bits per heavy atom. The largest absolute Gasteiger partial charge is 0.510 e. The number of cyclic esters (lactones) is 1. The van der Waals surface area contributed by atoms with Crippen LogP contribution < -0.4 is 9.62 Å². The lowest BCUT2D eigenvalue weighted by Crippen LogP contribution is -2.47. The second kappa shape index (κ2) is 12.0. The van der Waals surface area contributed by atoms with E-state index in [-0.39, 0.29) is 36.0 Å². The van der Waals surface area contributed by atoms with Crippen LogP contribution in [-0.4, -0.2) is 36.6 Å². The molecule has 0 saturated carbocycles. The van der Waals surface area contributed by atoms with Crippen LogP contribution in [0, 0.1) is 5.92 Å². The monoisotopic (exact) mass is 603 g/mol. The average Bonchev–Trinajstić information content (AvgIpc) is 2.94. The first-order chi connectivity index (χ1) is 19.8. The molecule has 0 aliphatic carbocycles. The minimum atomic E-state index is -4.65. The summed E-state index contributed by atoms with van der Waals surface area (Å²) in [6.45, 7) is 5.88. The number of halogens is 3. The number of aliphatic hydroxyl groups excluding tert-OH is 1. The van der Waals surface area contributed by atoms with Crippen molar-refractivity contribution in [3.63, 3.8) is 0 Å². The van der Waals surface area contributed by atoms with Crippen molar-refractivity contribution in [3.05, 3.63) is 95.5 Å². The molecule has 0 radical (unpaired) electrons. The lowest BCUT2D eigenvalue weighted by atomic mass is 9.79. The summed E-state index contributed by atoms with van der Waals surface area (Å²) in [5.74, 6) is -0.905. The Kier molecular flexibility index (Phi) is 8.86. The molecule has 0 amide bonds. The van der Waals surface area contributed by atoms with Gasteiger partial charge in [-0.1, -0.05) is 50.2 Å². The third-order valence-electron chi connectivity index (χ3n) is 7.30. The van der Waals surface area contributed by atoms with Gasteiger partial charge in [-0.25, -0.2) is 9.78 Å². The number of pyridine rings is 1. The highest BCUT2D eigenvalue weighted by molar-refractivity contribution is 7.92. The van der Waals surface area contributed by atoms with Crippen LogP contribution in [0.2, 0.25) is 0 Å². The molecule has 4 rings (SSSR count). The summed E-state index contributed by atoms with van der Waals surface area (Å²) in [5, 5.41) is 10.6. The van der Waals surface area contributed by atoms with Crippen LogP contribution >= 0.6 is 0 Å². The minimum Gasteiger partial charge on any atom is -0.510 e. The molecule has 1 aromatic heterocycles. The van der Waals surface area contributed by atoms with E-state index in [4.69, 9.17) is 4.74 Å². The summed E-state index contributed by atoms with van der Waals surface area (Å²) < 4.78 is 72.6. The van der Waals surface area contributed by atoms with Crippen molar-refractivity contribution in [1.82, 2.24) is 4.98 Å². The van der Waals surface area contributed by atoms with E-state index in [2.05, 4.69) is 9.71 Å². The third-order valence-corrected chi connectivity index (χ3v) is 8.59. The van der Waals surface area contributed by atoms with Crippen LogP contribution in [0.5, 0.6) is 0 Å². The van der Waals surface area contributed by atoms with E-state index >= 15 is 0 Å². The molecule has 1 aliphatic heterocycles. The molecule has 0 spiro atoms. The Balaban J connectivity index is 1.58. The molecule has 2 N–H and O–H groups in total. The van der Waals surface area contributed by atoms with Gasteiger partial charge in [0.25, 0.3) is 10.0 Å². The zero-order chi connectivity index (χ0) is 30.7. The highest BCUT2D eigenvalue weighted by atomic mass is 32.2. The van der Waals surface area contributed by atoms with Gasteiger partial charge in [-0.15, -0.1) is 0 Å².